The number of halogens is 1. The first-order valence-electron chi connectivity index (χ1n) is 5.76. The third-order valence-electron chi connectivity index (χ3n) is 2.87. The molecule has 5 heteroatoms. The topological polar surface area (TPSA) is 68.4 Å². The van der Waals surface area contributed by atoms with Crippen molar-refractivity contribution in [2.75, 3.05) is 12.8 Å². The summed E-state index contributed by atoms with van der Waals surface area (Å²) in [5.41, 5.74) is 7.47. The van der Waals surface area contributed by atoms with Crippen LogP contribution in [0.5, 0.6) is 5.75 Å². The Bertz CT molecular complexity index is 602. The van der Waals surface area contributed by atoms with Gasteiger partial charge < -0.3 is 15.6 Å². The standard InChI is InChI=1S/C14H15FN2O2/c1-8-5-10(14(16)17-7-8)13(18)9-3-4-12(19-2)11(15)6-9/h3-7,13,18H,1-2H3,(H2,16,17). The van der Waals surface area contributed by atoms with Gasteiger partial charge in [-0.15, -0.1) is 0 Å². The molecule has 19 heavy (non-hydrogen) atoms. The van der Waals surface area contributed by atoms with Crippen LogP contribution in [-0.4, -0.2) is 17.2 Å². The molecule has 0 aliphatic rings. The maximum Gasteiger partial charge on any atom is 0.165 e. The summed E-state index contributed by atoms with van der Waals surface area (Å²) in [6.45, 7) is 1.84. The van der Waals surface area contributed by atoms with E-state index in [2.05, 4.69) is 4.98 Å². The number of benzene rings is 1. The first-order valence-corrected chi connectivity index (χ1v) is 5.76. The highest BCUT2D eigenvalue weighted by atomic mass is 19.1. The van der Waals surface area contributed by atoms with E-state index in [1.807, 2.05) is 6.92 Å². The van der Waals surface area contributed by atoms with Crippen LogP contribution >= 0.6 is 0 Å². The predicted molar refractivity (Wildman–Crippen MR) is 70.4 cm³/mol. The maximum absolute atomic E-state index is 13.6. The van der Waals surface area contributed by atoms with Crippen LogP contribution in [0.25, 0.3) is 0 Å². The van der Waals surface area contributed by atoms with Gasteiger partial charge in [0.05, 0.1) is 7.11 Å². The minimum Gasteiger partial charge on any atom is -0.494 e. The van der Waals surface area contributed by atoms with Gasteiger partial charge in [-0.3, -0.25) is 0 Å². The number of rotatable bonds is 3. The Kier molecular flexibility index (Phi) is 3.66. The highest BCUT2D eigenvalue weighted by Gasteiger charge is 2.16. The number of nitrogens with zero attached hydrogens (tertiary/aromatic N) is 1. The number of hydrogen-bond donors (Lipinski definition) is 2. The van der Waals surface area contributed by atoms with E-state index in [1.54, 1.807) is 18.3 Å². The first-order chi connectivity index (χ1) is 9.02. The summed E-state index contributed by atoms with van der Waals surface area (Å²) in [6.07, 6.45) is 0.591. The van der Waals surface area contributed by atoms with Crippen LogP contribution < -0.4 is 10.5 Å². The molecule has 0 aliphatic heterocycles. The average Bonchev–Trinajstić information content (AvgIpc) is 2.40. The Morgan fingerprint density at radius 3 is 2.74 bits per heavy atom. The molecule has 2 rings (SSSR count). The van der Waals surface area contributed by atoms with Gasteiger partial charge in [0.1, 0.15) is 11.9 Å². The van der Waals surface area contributed by atoms with Crippen molar-refractivity contribution in [2.24, 2.45) is 0 Å². The lowest BCUT2D eigenvalue weighted by molar-refractivity contribution is 0.220. The number of methoxy groups -OCH3 is 1. The molecule has 3 N–H and O–H groups in total. The fraction of sp³-hybridized carbons (Fsp3) is 0.214. The van der Waals surface area contributed by atoms with E-state index in [-0.39, 0.29) is 11.6 Å². The van der Waals surface area contributed by atoms with E-state index < -0.39 is 11.9 Å². The Balaban J connectivity index is 2.41. The van der Waals surface area contributed by atoms with Gasteiger partial charge >= 0.3 is 0 Å². The van der Waals surface area contributed by atoms with Crippen LogP contribution in [0, 0.1) is 12.7 Å². The van der Waals surface area contributed by atoms with Crippen molar-refractivity contribution in [3.05, 3.63) is 53.0 Å². The Morgan fingerprint density at radius 1 is 1.37 bits per heavy atom. The summed E-state index contributed by atoms with van der Waals surface area (Å²) >= 11 is 0. The largest absolute Gasteiger partial charge is 0.494 e. The summed E-state index contributed by atoms with van der Waals surface area (Å²) in [7, 11) is 1.39. The molecule has 100 valence electrons. The van der Waals surface area contributed by atoms with Gasteiger partial charge in [-0.05, 0) is 36.2 Å². The molecule has 1 atom stereocenters. The maximum atomic E-state index is 13.6. The number of aromatic nitrogens is 1. The molecule has 0 spiro atoms. The van der Waals surface area contributed by atoms with Crippen molar-refractivity contribution in [1.82, 2.24) is 4.98 Å². The SMILES string of the molecule is COc1ccc(C(O)c2cc(C)cnc2N)cc1F. The lowest BCUT2D eigenvalue weighted by Crippen LogP contribution is -2.06. The fourth-order valence-electron chi connectivity index (χ4n) is 1.85. The molecule has 0 aliphatic carbocycles. The molecule has 0 saturated heterocycles. The summed E-state index contributed by atoms with van der Waals surface area (Å²) in [5.74, 6) is -0.168. The Hall–Kier alpha value is -2.14. The van der Waals surface area contributed by atoms with E-state index in [9.17, 15) is 9.50 Å². The zero-order valence-electron chi connectivity index (χ0n) is 10.7. The highest BCUT2D eigenvalue weighted by Crippen LogP contribution is 2.28. The molecule has 0 radical (unpaired) electrons. The zero-order valence-corrected chi connectivity index (χ0v) is 10.7. The van der Waals surface area contributed by atoms with E-state index in [0.717, 1.165) is 5.56 Å². The van der Waals surface area contributed by atoms with Crippen LogP contribution in [0.4, 0.5) is 10.2 Å². The van der Waals surface area contributed by atoms with Crippen LogP contribution in [0.2, 0.25) is 0 Å². The molecular formula is C14H15FN2O2. The van der Waals surface area contributed by atoms with Gasteiger partial charge in [-0.2, -0.15) is 0 Å². The monoisotopic (exact) mass is 262 g/mol. The predicted octanol–water partition coefficient (Wildman–Crippen LogP) is 2.20. The molecule has 0 bridgehead atoms. The van der Waals surface area contributed by atoms with Gasteiger partial charge in [0.25, 0.3) is 0 Å². The van der Waals surface area contributed by atoms with E-state index in [1.165, 1.54) is 19.2 Å². The lowest BCUT2D eigenvalue weighted by Gasteiger charge is -2.14. The van der Waals surface area contributed by atoms with Crippen LogP contribution in [-0.2, 0) is 0 Å². The number of hydrogen-bond acceptors (Lipinski definition) is 4. The van der Waals surface area contributed by atoms with Crippen molar-refractivity contribution in [3.63, 3.8) is 0 Å². The van der Waals surface area contributed by atoms with Crippen LogP contribution in [0.3, 0.4) is 0 Å². The molecule has 1 aromatic carbocycles. The molecule has 4 nitrogen and oxygen atoms in total. The number of aryl methyl sites for hydroxylation is 1. The molecule has 1 aromatic heterocycles. The summed E-state index contributed by atoms with van der Waals surface area (Å²) in [6, 6.07) is 6.02. The average molecular weight is 262 g/mol. The van der Waals surface area contributed by atoms with Gasteiger partial charge in [0.2, 0.25) is 0 Å². The zero-order chi connectivity index (χ0) is 14.0. The van der Waals surface area contributed by atoms with Crippen molar-refractivity contribution in [1.29, 1.82) is 0 Å². The number of ether oxygens (including phenoxy) is 1. The Labute approximate surface area is 110 Å². The quantitative estimate of drug-likeness (QED) is 0.889. The van der Waals surface area contributed by atoms with Crippen molar-refractivity contribution < 1.29 is 14.2 Å². The van der Waals surface area contributed by atoms with Crippen molar-refractivity contribution in [2.45, 2.75) is 13.0 Å². The summed E-state index contributed by atoms with van der Waals surface area (Å²) in [4.78, 5) is 3.98. The van der Waals surface area contributed by atoms with Gasteiger partial charge in [0.15, 0.2) is 11.6 Å². The number of anilines is 1. The van der Waals surface area contributed by atoms with Crippen LogP contribution in [0.15, 0.2) is 30.5 Å². The van der Waals surface area contributed by atoms with Crippen LogP contribution in [0.1, 0.15) is 22.8 Å². The first kappa shape index (κ1) is 13.3. The molecule has 0 amide bonds. The third kappa shape index (κ3) is 2.66. The molecule has 1 unspecified atom stereocenters. The normalized spacial score (nSPS) is 12.2. The second-order valence-corrected chi connectivity index (χ2v) is 4.28. The minimum absolute atomic E-state index is 0.131. The second-order valence-electron chi connectivity index (χ2n) is 4.28. The van der Waals surface area contributed by atoms with Crippen molar-refractivity contribution in [3.8, 4) is 5.75 Å². The molecule has 2 aromatic rings. The molecule has 0 saturated carbocycles. The van der Waals surface area contributed by atoms with Gasteiger partial charge in [-0.25, -0.2) is 9.37 Å². The second kappa shape index (κ2) is 5.24. The van der Waals surface area contributed by atoms with Crippen molar-refractivity contribution >= 4 is 5.82 Å². The molecule has 0 fully saturated rings. The minimum atomic E-state index is -1.02. The van der Waals surface area contributed by atoms with E-state index >= 15 is 0 Å². The molecular weight excluding hydrogens is 247 g/mol. The Morgan fingerprint density at radius 2 is 2.11 bits per heavy atom. The van der Waals surface area contributed by atoms with E-state index in [0.29, 0.717) is 11.1 Å². The number of aliphatic hydroxyl groups is 1. The number of aliphatic hydroxyl groups excluding tert-OH is 1. The smallest absolute Gasteiger partial charge is 0.165 e. The van der Waals surface area contributed by atoms with Gasteiger partial charge in [-0.1, -0.05) is 6.07 Å². The lowest BCUT2D eigenvalue weighted by atomic mass is 10.0. The number of nitrogens with two attached hydrogens (primary N) is 1. The third-order valence-corrected chi connectivity index (χ3v) is 2.87. The summed E-state index contributed by atoms with van der Waals surface area (Å²) < 4.78 is 18.5. The fourth-order valence-corrected chi connectivity index (χ4v) is 1.85. The molecule has 1 heterocycles. The van der Waals surface area contributed by atoms with E-state index in [4.69, 9.17) is 10.5 Å². The number of nitrogen functional groups attached to an aromatic ring is 1. The summed E-state index contributed by atoms with van der Waals surface area (Å²) in [5, 5.41) is 10.3. The van der Waals surface area contributed by atoms with Gasteiger partial charge in [0, 0.05) is 11.8 Å². The highest BCUT2D eigenvalue weighted by molar-refractivity contribution is 5.46. The number of pyridine rings is 1.